The third-order valence-electron chi connectivity index (χ3n) is 3.11. The summed E-state index contributed by atoms with van der Waals surface area (Å²) in [5.74, 6) is 2.47. The Kier molecular flexibility index (Phi) is 3.10. The van der Waals surface area contributed by atoms with E-state index in [1.54, 1.807) is 6.07 Å². The molecule has 1 unspecified atom stereocenters. The zero-order valence-electron chi connectivity index (χ0n) is 9.15. The summed E-state index contributed by atoms with van der Waals surface area (Å²) in [7, 11) is 0. The van der Waals surface area contributed by atoms with Crippen LogP contribution in [0.2, 0.25) is 5.15 Å². The van der Waals surface area contributed by atoms with Crippen molar-refractivity contribution in [3.05, 3.63) is 17.3 Å². The van der Waals surface area contributed by atoms with Crippen molar-refractivity contribution in [3.8, 4) is 0 Å². The summed E-state index contributed by atoms with van der Waals surface area (Å²) in [4.78, 5) is 2.29. The van der Waals surface area contributed by atoms with Gasteiger partial charge in [0.15, 0.2) is 11.0 Å². The highest BCUT2D eigenvalue weighted by Crippen LogP contribution is 2.26. The van der Waals surface area contributed by atoms with Crippen LogP contribution in [-0.4, -0.2) is 23.3 Å². The molecule has 0 aliphatic carbocycles. The maximum absolute atomic E-state index is 5.71. The average molecular weight is 226 g/mol. The highest BCUT2D eigenvalue weighted by Gasteiger charge is 2.25. The van der Waals surface area contributed by atoms with Crippen LogP contribution in [0.25, 0.3) is 0 Å². The maximum atomic E-state index is 5.71. The molecule has 1 atom stereocenters. The minimum atomic E-state index is 0.457. The van der Waals surface area contributed by atoms with Gasteiger partial charge >= 0.3 is 0 Å². The van der Waals surface area contributed by atoms with Gasteiger partial charge in [0, 0.05) is 13.1 Å². The highest BCUT2D eigenvalue weighted by atomic mass is 35.5. The van der Waals surface area contributed by atoms with Crippen LogP contribution < -0.4 is 4.90 Å². The van der Waals surface area contributed by atoms with Gasteiger partial charge in [-0.25, -0.2) is 0 Å². The van der Waals surface area contributed by atoms with Crippen molar-refractivity contribution in [1.82, 2.24) is 10.2 Å². The van der Waals surface area contributed by atoms with E-state index in [2.05, 4.69) is 28.9 Å². The van der Waals surface area contributed by atoms with E-state index in [4.69, 9.17) is 11.6 Å². The van der Waals surface area contributed by atoms with Crippen molar-refractivity contribution < 1.29 is 0 Å². The molecule has 2 rings (SSSR count). The molecular weight excluding hydrogens is 210 g/mol. The van der Waals surface area contributed by atoms with Crippen molar-refractivity contribution >= 4 is 17.4 Å². The van der Waals surface area contributed by atoms with Gasteiger partial charge < -0.3 is 4.90 Å². The third-order valence-corrected chi connectivity index (χ3v) is 3.31. The van der Waals surface area contributed by atoms with Crippen LogP contribution in [0, 0.1) is 11.8 Å². The number of halogens is 1. The summed E-state index contributed by atoms with van der Waals surface area (Å²) in [6, 6.07) is 3.74. The molecule has 15 heavy (non-hydrogen) atoms. The second kappa shape index (κ2) is 4.35. The highest BCUT2D eigenvalue weighted by molar-refractivity contribution is 6.29. The van der Waals surface area contributed by atoms with Gasteiger partial charge in [0.1, 0.15) is 0 Å². The number of hydrogen-bond acceptors (Lipinski definition) is 3. The Morgan fingerprint density at radius 2 is 2.20 bits per heavy atom. The largest absolute Gasteiger partial charge is 0.355 e. The van der Waals surface area contributed by atoms with Gasteiger partial charge in [0.25, 0.3) is 0 Å². The fourth-order valence-electron chi connectivity index (χ4n) is 2.02. The molecule has 0 radical (unpaired) electrons. The second-order valence-electron chi connectivity index (χ2n) is 4.45. The second-order valence-corrected chi connectivity index (χ2v) is 4.84. The summed E-state index contributed by atoms with van der Waals surface area (Å²) in [6.07, 6.45) is 1.25. The Labute approximate surface area is 95.5 Å². The number of nitrogens with zero attached hydrogens (tertiary/aromatic N) is 3. The molecule has 1 aromatic heterocycles. The number of hydrogen-bond donors (Lipinski definition) is 0. The molecule has 3 nitrogen and oxygen atoms in total. The van der Waals surface area contributed by atoms with Crippen LogP contribution in [0.15, 0.2) is 12.1 Å². The normalized spacial score (nSPS) is 21.3. The lowest BCUT2D eigenvalue weighted by atomic mass is 9.95. The minimum absolute atomic E-state index is 0.457. The molecule has 1 aliphatic heterocycles. The summed E-state index contributed by atoms with van der Waals surface area (Å²) in [5, 5.41) is 8.42. The standard InChI is InChI=1S/C11H16ClN3/c1-8(2)9-5-6-15(7-9)11-4-3-10(12)13-14-11/h3-4,8-9H,5-7H2,1-2H3. The molecule has 0 N–H and O–H groups in total. The van der Waals surface area contributed by atoms with E-state index in [9.17, 15) is 0 Å². The van der Waals surface area contributed by atoms with Crippen LogP contribution in [-0.2, 0) is 0 Å². The number of anilines is 1. The van der Waals surface area contributed by atoms with E-state index in [1.165, 1.54) is 6.42 Å². The van der Waals surface area contributed by atoms with Crippen molar-refractivity contribution in [2.75, 3.05) is 18.0 Å². The van der Waals surface area contributed by atoms with Crippen LogP contribution in [0.4, 0.5) is 5.82 Å². The molecule has 2 heterocycles. The molecule has 0 bridgehead atoms. The van der Waals surface area contributed by atoms with Gasteiger partial charge in [-0.05, 0) is 30.4 Å². The summed E-state index contributed by atoms with van der Waals surface area (Å²) >= 11 is 5.71. The Balaban J connectivity index is 2.04. The van der Waals surface area contributed by atoms with Gasteiger partial charge in [-0.2, -0.15) is 0 Å². The van der Waals surface area contributed by atoms with Crippen LogP contribution >= 0.6 is 11.6 Å². The number of rotatable bonds is 2. The quantitative estimate of drug-likeness (QED) is 0.775. The predicted octanol–water partition coefficient (Wildman–Crippen LogP) is 2.61. The summed E-state index contributed by atoms with van der Waals surface area (Å²) in [6.45, 7) is 6.73. The smallest absolute Gasteiger partial charge is 0.151 e. The zero-order chi connectivity index (χ0) is 10.8. The van der Waals surface area contributed by atoms with E-state index >= 15 is 0 Å². The molecule has 0 amide bonds. The first-order chi connectivity index (χ1) is 7.16. The zero-order valence-corrected chi connectivity index (χ0v) is 9.91. The first-order valence-corrected chi connectivity index (χ1v) is 5.79. The first kappa shape index (κ1) is 10.7. The third kappa shape index (κ3) is 2.40. The van der Waals surface area contributed by atoms with E-state index in [1.807, 2.05) is 6.07 Å². The topological polar surface area (TPSA) is 29.0 Å². The Morgan fingerprint density at radius 3 is 2.73 bits per heavy atom. The van der Waals surface area contributed by atoms with Crippen molar-refractivity contribution in [2.24, 2.45) is 11.8 Å². The van der Waals surface area contributed by atoms with Crippen LogP contribution in [0.5, 0.6) is 0 Å². The molecule has 4 heteroatoms. The average Bonchev–Trinajstić information content (AvgIpc) is 2.68. The molecule has 1 saturated heterocycles. The monoisotopic (exact) mass is 225 g/mol. The first-order valence-electron chi connectivity index (χ1n) is 5.41. The number of aromatic nitrogens is 2. The molecule has 82 valence electrons. The van der Waals surface area contributed by atoms with E-state index in [0.29, 0.717) is 5.15 Å². The van der Waals surface area contributed by atoms with Crippen LogP contribution in [0.3, 0.4) is 0 Å². The molecule has 0 aromatic carbocycles. The van der Waals surface area contributed by atoms with E-state index in [-0.39, 0.29) is 0 Å². The predicted molar refractivity (Wildman–Crippen MR) is 62.2 cm³/mol. The Morgan fingerprint density at radius 1 is 1.40 bits per heavy atom. The van der Waals surface area contributed by atoms with Gasteiger partial charge in [-0.15, -0.1) is 10.2 Å². The van der Waals surface area contributed by atoms with Crippen LogP contribution in [0.1, 0.15) is 20.3 Å². The molecule has 1 aliphatic rings. The fraction of sp³-hybridized carbons (Fsp3) is 0.636. The lowest BCUT2D eigenvalue weighted by molar-refractivity contribution is 0.422. The maximum Gasteiger partial charge on any atom is 0.151 e. The Bertz CT molecular complexity index is 323. The molecular formula is C11H16ClN3. The van der Waals surface area contributed by atoms with Gasteiger partial charge in [0.2, 0.25) is 0 Å². The van der Waals surface area contributed by atoms with Gasteiger partial charge in [0.05, 0.1) is 0 Å². The summed E-state index contributed by atoms with van der Waals surface area (Å²) in [5.41, 5.74) is 0. The fourth-order valence-corrected chi connectivity index (χ4v) is 2.12. The lowest BCUT2D eigenvalue weighted by Gasteiger charge is -2.18. The van der Waals surface area contributed by atoms with Crippen molar-refractivity contribution in [2.45, 2.75) is 20.3 Å². The van der Waals surface area contributed by atoms with Gasteiger partial charge in [-0.1, -0.05) is 25.4 Å². The van der Waals surface area contributed by atoms with Crippen molar-refractivity contribution in [1.29, 1.82) is 0 Å². The molecule has 1 fully saturated rings. The Hall–Kier alpha value is -0.830. The van der Waals surface area contributed by atoms with E-state index < -0.39 is 0 Å². The molecule has 0 spiro atoms. The molecule has 0 saturated carbocycles. The lowest BCUT2D eigenvalue weighted by Crippen LogP contribution is -2.22. The molecule has 1 aromatic rings. The SMILES string of the molecule is CC(C)C1CCN(c2ccc(Cl)nn2)C1. The minimum Gasteiger partial charge on any atom is -0.355 e. The summed E-state index contributed by atoms with van der Waals surface area (Å²) < 4.78 is 0. The van der Waals surface area contributed by atoms with Crippen molar-refractivity contribution in [3.63, 3.8) is 0 Å². The van der Waals surface area contributed by atoms with E-state index in [0.717, 1.165) is 30.7 Å². The van der Waals surface area contributed by atoms with Gasteiger partial charge in [-0.3, -0.25) is 0 Å².